The first kappa shape index (κ1) is 16.7. The number of carboxylic acids is 1. The Kier molecular flexibility index (Phi) is 5.16. The Labute approximate surface area is 134 Å². The van der Waals surface area contributed by atoms with Crippen LogP contribution in [0, 0.1) is 5.92 Å². The van der Waals surface area contributed by atoms with E-state index in [-0.39, 0.29) is 11.5 Å². The summed E-state index contributed by atoms with van der Waals surface area (Å²) in [5.41, 5.74) is 0.145. The quantitative estimate of drug-likeness (QED) is 0.797. The molecule has 0 radical (unpaired) electrons. The fraction of sp³-hybridized carbons (Fsp3) is 0.353. The maximum absolute atomic E-state index is 12.0. The van der Waals surface area contributed by atoms with E-state index in [9.17, 15) is 14.7 Å². The Balaban J connectivity index is 2.49. The van der Waals surface area contributed by atoms with Crippen molar-refractivity contribution in [3.63, 3.8) is 0 Å². The van der Waals surface area contributed by atoms with Crippen molar-refractivity contribution in [1.82, 2.24) is 4.98 Å². The first-order chi connectivity index (χ1) is 10.9. The van der Waals surface area contributed by atoms with Gasteiger partial charge in [-0.25, -0.2) is 14.6 Å². The Hall–Kier alpha value is -2.63. The van der Waals surface area contributed by atoms with Crippen LogP contribution in [0.3, 0.4) is 0 Å². The van der Waals surface area contributed by atoms with E-state index < -0.39 is 18.0 Å². The third-order valence-electron chi connectivity index (χ3n) is 3.53. The zero-order valence-electron chi connectivity index (χ0n) is 13.4. The van der Waals surface area contributed by atoms with Gasteiger partial charge < -0.3 is 15.2 Å². The van der Waals surface area contributed by atoms with Gasteiger partial charge in [0, 0.05) is 11.6 Å². The van der Waals surface area contributed by atoms with Crippen LogP contribution in [0.2, 0.25) is 0 Å². The fourth-order valence-corrected chi connectivity index (χ4v) is 2.51. The molecule has 0 bridgehead atoms. The molecule has 0 aliphatic carbocycles. The molecule has 0 spiro atoms. The molecule has 1 heterocycles. The summed E-state index contributed by atoms with van der Waals surface area (Å²) < 4.78 is 4.83. The summed E-state index contributed by atoms with van der Waals surface area (Å²) in [6.07, 6.45) is 2.14. The van der Waals surface area contributed by atoms with Crippen molar-refractivity contribution in [3.05, 3.63) is 36.0 Å². The van der Waals surface area contributed by atoms with Crippen LogP contribution in [0.1, 0.15) is 30.6 Å². The number of carbonyl (C=O) groups is 2. The minimum absolute atomic E-state index is 0.145. The largest absolute Gasteiger partial charge is 0.478 e. The lowest BCUT2D eigenvalue weighted by atomic mass is 10.0. The average Bonchev–Trinajstić information content (AvgIpc) is 2.52. The van der Waals surface area contributed by atoms with E-state index in [1.807, 2.05) is 19.9 Å². The lowest BCUT2D eigenvalue weighted by Gasteiger charge is -2.20. The van der Waals surface area contributed by atoms with Crippen molar-refractivity contribution in [1.29, 1.82) is 0 Å². The van der Waals surface area contributed by atoms with Gasteiger partial charge in [-0.15, -0.1) is 0 Å². The van der Waals surface area contributed by atoms with Crippen LogP contribution >= 0.6 is 0 Å². The van der Waals surface area contributed by atoms with Crippen molar-refractivity contribution >= 4 is 28.5 Å². The number of nitrogens with one attached hydrogen (secondary N) is 1. The number of nitrogens with zero attached hydrogens (tertiary/aromatic N) is 1. The lowest BCUT2D eigenvalue weighted by molar-refractivity contribution is -0.141. The second kappa shape index (κ2) is 7.09. The second-order valence-corrected chi connectivity index (χ2v) is 5.72. The molecule has 0 saturated heterocycles. The summed E-state index contributed by atoms with van der Waals surface area (Å²) in [4.78, 5) is 27.7. The Morgan fingerprint density at radius 3 is 2.65 bits per heavy atom. The maximum Gasteiger partial charge on any atom is 0.336 e. The van der Waals surface area contributed by atoms with Crippen molar-refractivity contribution in [2.45, 2.75) is 26.3 Å². The molecule has 1 unspecified atom stereocenters. The Morgan fingerprint density at radius 1 is 1.30 bits per heavy atom. The molecule has 1 aromatic heterocycles. The molecule has 6 nitrogen and oxygen atoms in total. The summed E-state index contributed by atoms with van der Waals surface area (Å²) in [5, 5.41) is 13.7. The number of ether oxygens (including phenoxy) is 1. The van der Waals surface area contributed by atoms with Gasteiger partial charge in [0.1, 0.15) is 11.9 Å². The zero-order chi connectivity index (χ0) is 17.0. The van der Waals surface area contributed by atoms with Gasteiger partial charge >= 0.3 is 11.9 Å². The summed E-state index contributed by atoms with van der Waals surface area (Å²) in [6, 6.07) is 6.17. The molecule has 0 aliphatic rings. The molecule has 2 rings (SSSR count). The second-order valence-electron chi connectivity index (χ2n) is 5.72. The SMILES string of the molecule is COC(=O)C(CC(C)C)Nc1nccc2cccc(C(=O)O)c12. The summed E-state index contributed by atoms with van der Waals surface area (Å²) in [5.74, 6) is -0.799. The van der Waals surface area contributed by atoms with Gasteiger partial charge in [0.15, 0.2) is 0 Å². The van der Waals surface area contributed by atoms with Gasteiger partial charge in [0.05, 0.1) is 12.7 Å². The highest BCUT2D eigenvalue weighted by molar-refractivity contribution is 6.08. The maximum atomic E-state index is 12.0. The average molecular weight is 316 g/mol. The lowest BCUT2D eigenvalue weighted by Crippen LogP contribution is -2.32. The van der Waals surface area contributed by atoms with Crippen molar-refractivity contribution in [3.8, 4) is 0 Å². The van der Waals surface area contributed by atoms with Crippen LogP contribution in [-0.4, -0.2) is 35.2 Å². The summed E-state index contributed by atoms with van der Waals surface area (Å²) in [7, 11) is 1.33. The first-order valence-electron chi connectivity index (χ1n) is 7.39. The first-order valence-corrected chi connectivity index (χ1v) is 7.39. The molecule has 2 aromatic rings. The number of benzene rings is 1. The number of carboxylic acid groups (broad SMARTS) is 1. The number of hydrogen-bond acceptors (Lipinski definition) is 5. The number of aromatic nitrogens is 1. The third kappa shape index (κ3) is 3.77. The molecular formula is C17H20N2O4. The Bertz CT molecular complexity index is 722. The van der Waals surface area contributed by atoms with Crippen LogP contribution in [0.4, 0.5) is 5.82 Å². The van der Waals surface area contributed by atoms with Crippen LogP contribution in [-0.2, 0) is 9.53 Å². The highest BCUT2D eigenvalue weighted by atomic mass is 16.5. The van der Waals surface area contributed by atoms with Crippen LogP contribution in [0.15, 0.2) is 30.5 Å². The van der Waals surface area contributed by atoms with E-state index in [1.54, 1.807) is 18.3 Å². The van der Waals surface area contributed by atoms with E-state index in [1.165, 1.54) is 13.2 Å². The number of pyridine rings is 1. The number of esters is 1. The van der Waals surface area contributed by atoms with E-state index in [0.717, 1.165) is 5.39 Å². The molecular weight excluding hydrogens is 296 g/mol. The summed E-state index contributed by atoms with van der Waals surface area (Å²) >= 11 is 0. The number of rotatable bonds is 6. The highest BCUT2D eigenvalue weighted by Gasteiger charge is 2.23. The molecule has 1 aromatic carbocycles. The van der Waals surface area contributed by atoms with Gasteiger partial charge in [-0.05, 0) is 29.9 Å². The highest BCUT2D eigenvalue weighted by Crippen LogP contribution is 2.26. The minimum Gasteiger partial charge on any atom is -0.478 e. The Morgan fingerprint density at radius 2 is 2.04 bits per heavy atom. The molecule has 0 fully saturated rings. The number of hydrogen-bond donors (Lipinski definition) is 2. The van der Waals surface area contributed by atoms with E-state index >= 15 is 0 Å². The van der Waals surface area contributed by atoms with Gasteiger partial charge in [-0.3, -0.25) is 0 Å². The van der Waals surface area contributed by atoms with Crippen LogP contribution < -0.4 is 5.32 Å². The zero-order valence-corrected chi connectivity index (χ0v) is 13.4. The van der Waals surface area contributed by atoms with Crippen molar-refractivity contribution < 1.29 is 19.4 Å². The van der Waals surface area contributed by atoms with E-state index in [4.69, 9.17) is 4.74 Å². The van der Waals surface area contributed by atoms with Crippen LogP contribution in [0.5, 0.6) is 0 Å². The molecule has 0 aliphatic heterocycles. The number of aromatic carboxylic acids is 1. The van der Waals surface area contributed by atoms with Gasteiger partial charge in [-0.1, -0.05) is 26.0 Å². The number of methoxy groups -OCH3 is 1. The molecule has 6 heteroatoms. The number of fused-ring (bicyclic) bond motifs is 1. The molecule has 0 saturated carbocycles. The van der Waals surface area contributed by atoms with Crippen molar-refractivity contribution in [2.24, 2.45) is 5.92 Å². The minimum atomic E-state index is -1.04. The van der Waals surface area contributed by atoms with Crippen molar-refractivity contribution in [2.75, 3.05) is 12.4 Å². The molecule has 0 amide bonds. The third-order valence-corrected chi connectivity index (χ3v) is 3.53. The van der Waals surface area contributed by atoms with Gasteiger partial charge in [-0.2, -0.15) is 0 Å². The van der Waals surface area contributed by atoms with Crippen LogP contribution in [0.25, 0.3) is 10.8 Å². The number of anilines is 1. The van der Waals surface area contributed by atoms with Gasteiger partial charge in [0.25, 0.3) is 0 Å². The van der Waals surface area contributed by atoms with Gasteiger partial charge in [0.2, 0.25) is 0 Å². The molecule has 122 valence electrons. The summed E-state index contributed by atoms with van der Waals surface area (Å²) in [6.45, 7) is 3.99. The van der Waals surface area contributed by atoms with E-state index in [0.29, 0.717) is 17.6 Å². The number of carbonyl (C=O) groups excluding carboxylic acids is 1. The predicted octanol–water partition coefficient (Wildman–Crippen LogP) is 2.93. The predicted molar refractivity (Wildman–Crippen MR) is 87.6 cm³/mol. The molecule has 1 atom stereocenters. The normalized spacial score (nSPS) is 12.2. The standard InChI is InChI=1S/C17H20N2O4/c1-10(2)9-13(17(22)23-3)19-15-14-11(7-8-18-15)5-4-6-12(14)16(20)21/h4-8,10,13H,9H2,1-3H3,(H,18,19)(H,20,21). The molecule has 2 N–H and O–H groups in total. The smallest absolute Gasteiger partial charge is 0.336 e. The van der Waals surface area contributed by atoms with E-state index in [2.05, 4.69) is 10.3 Å². The molecule has 23 heavy (non-hydrogen) atoms. The fourth-order valence-electron chi connectivity index (χ4n) is 2.51. The topological polar surface area (TPSA) is 88.5 Å². The monoisotopic (exact) mass is 316 g/mol.